The zero-order valence-electron chi connectivity index (χ0n) is 10.2. The fraction of sp³-hybridized carbons (Fsp3) is 0.143. The molecule has 2 aromatic carbocycles. The number of aromatic hydroxyl groups is 1. The summed E-state index contributed by atoms with van der Waals surface area (Å²) in [6, 6.07) is 9.26. The summed E-state index contributed by atoms with van der Waals surface area (Å²) in [4.78, 5) is 0. The molecule has 0 fully saturated rings. The first-order valence-electron chi connectivity index (χ1n) is 5.64. The molecule has 0 bridgehead atoms. The van der Waals surface area contributed by atoms with Gasteiger partial charge in [0.15, 0.2) is 0 Å². The van der Waals surface area contributed by atoms with Crippen molar-refractivity contribution in [3.05, 3.63) is 55.1 Å². The van der Waals surface area contributed by atoms with Gasteiger partial charge in [0.25, 0.3) is 0 Å². The van der Waals surface area contributed by atoms with Crippen LogP contribution in [0.25, 0.3) is 0 Å². The Balaban J connectivity index is 2.16. The average molecular weight is 408 g/mol. The predicted molar refractivity (Wildman–Crippen MR) is 89.3 cm³/mol. The van der Waals surface area contributed by atoms with Gasteiger partial charge in [-0.25, -0.2) is 0 Å². The normalized spacial score (nSPS) is 10.5. The zero-order chi connectivity index (χ0) is 14.0. The van der Waals surface area contributed by atoms with Crippen LogP contribution in [0.5, 0.6) is 5.75 Å². The van der Waals surface area contributed by atoms with E-state index < -0.39 is 0 Å². The lowest BCUT2D eigenvalue weighted by Gasteiger charge is -2.11. The van der Waals surface area contributed by atoms with E-state index in [0.717, 1.165) is 20.4 Å². The second-order valence-corrected chi connectivity index (χ2v) is 6.21. The van der Waals surface area contributed by atoms with Crippen LogP contribution in [0.15, 0.2) is 30.3 Å². The Morgan fingerprint density at radius 1 is 1.16 bits per heavy atom. The molecule has 0 aliphatic carbocycles. The quantitative estimate of drug-likeness (QED) is 0.683. The number of anilines is 1. The van der Waals surface area contributed by atoms with Gasteiger partial charge in [-0.05, 0) is 59.3 Å². The monoisotopic (exact) mass is 407 g/mol. The number of hydrogen-bond donors (Lipinski definition) is 2. The predicted octanol–water partition coefficient (Wildman–Crippen LogP) is 5.22. The van der Waals surface area contributed by atoms with E-state index in [1.165, 1.54) is 0 Å². The van der Waals surface area contributed by atoms with Gasteiger partial charge in [-0.1, -0.05) is 29.3 Å². The lowest BCUT2D eigenvalue weighted by atomic mass is 10.1. The number of nitrogens with one attached hydrogen (secondary N) is 1. The Bertz CT molecular complexity index is 617. The lowest BCUT2D eigenvalue weighted by molar-refractivity contribution is 0.465. The zero-order valence-corrected chi connectivity index (χ0v) is 13.8. The first-order chi connectivity index (χ1) is 8.97. The molecule has 100 valence electrons. The number of aryl methyl sites for hydroxylation is 1. The third kappa shape index (κ3) is 3.68. The second kappa shape index (κ2) is 6.20. The molecule has 0 radical (unpaired) electrons. The summed E-state index contributed by atoms with van der Waals surface area (Å²) in [6.45, 7) is 2.53. The fourth-order valence-electron chi connectivity index (χ4n) is 1.74. The number of phenols is 1. The van der Waals surface area contributed by atoms with Gasteiger partial charge in [-0.2, -0.15) is 0 Å². The molecule has 2 nitrogen and oxygen atoms in total. The third-order valence-corrected chi connectivity index (χ3v) is 4.25. The van der Waals surface area contributed by atoms with Gasteiger partial charge in [0, 0.05) is 17.8 Å². The lowest BCUT2D eigenvalue weighted by Crippen LogP contribution is -2.01. The van der Waals surface area contributed by atoms with Gasteiger partial charge in [-0.15, -0.1) is 0 Å². The Hall–Kier alpha value is -0.650. The molecule has 0 atom stereocenters. The van der Waals surface area contributed by atoms with E-state index in [-0.39, 0.29) is 0 Å². The molecule has 0 saturated heterocycles. The molecular formula is C14H12Cl2INO. The van der Waals surface area contributed by atoms with Crippen LogP contribution < -0.4 is 5.32 Å². The summed E-state index contributed by atoms with van der Waals surface area (Å²) in [5, 5.41) is 14.3. The van der Waals surface area contributed by atoms with Crippen molar-refractivity contribution < 1.29 is 5.11 Å². The van der Waals surface area contributed by atoms with Crippen molar-refractivity contribution in [3.8, 4) is 5.75 Å². The topological polar surface area (TPSA) is 32.3 Å². The Labute approximate surface area is 135 Å². The van der Waals surface area contributed by atoms with Gasteiger partial charge >= 0.3 is 0 Å². The summed E-state index contributed by atoms with van der Waals surface area (Å²) >= 11 is 13.9. The molecule has 5 heteroatoms. The highest BCUT2D eigenvalue weighted by molar-refractivity contribution is 14.1. The van der Waals surface area contributed by atoms with E-state index in [2.05, 4.69) is 27.9 Å². The minimum absolute atomic E-state index is 0.318. The Morgan fingerprint density at radius 3 is 2.58 bits per heavy atom. The Morgan fingerprint density at radius 2 is 1.89 bits per heavy atom. The van der Waals surface area contributed by atoms with Gasteiger partial charge < -0.3 is 10.4 Å². The number of phenolic OH excluding ortho intramolecular Hbond substituents is 1. The highest BCUT2D eigenvalue weighted by Gasteiger charge is 2.07. The number of halogens is 3. The standard InChI is InChI=1S/C14H12Cl2INO/c1-8-4-9(14(19)13(17)5-8)7-18-10-2-3-11(15)12(16)6-10/h2-6,18-19H,7H2,1H3. The first-order valence-corrected chi connectivity index (χ1v) is 7.48. The summed E-state index contributed by atoms with van der Waals surface area (Å²) < 4.78 is 0.850. The van der Waals surface area contributed by atoms with Crippen molar-refractivity contribution in [2.75, 3.05) is 5.32 Å². The van der Waals surface area contributed by atoms with E-state index in [0.29, 0.717) is 22.3 Å². The van der Waals surface area contributed by atoms with Crippen molar-refractivity contribution in [2.45, 2.75) is 13.5 Å². The van der Waals surface area contributed by atoms with Crippen LogP contribution in [-0.2, 0) is 6.54 Å². The van der Waals surface area contributed by atoms with Crippen molar-refractivity contribution in [1.82, 2.24) is 0 Å². The number of benzene rings is 2. The van der Waals surface area contributed by atoms with E-state index in [1.807, 2.05) is 25.1 Å². The van der Waals surface area contributed by atoms with E-state index >= 15 is 0 Å². The van der Waals surface area contributed by atoms with Crippen LogP contribution >= 0.6 is 45.8 Å². The minimum Gasteiger partial charge on any atom is -0.506 e. The molecule has 0 aliphatic rings. The van der Waals surface area contributed by atoms with Crippen molar-refractivity contribution in [1.29, 1.82) is 0 Å². The van der Waals surface area contributed by atoms with Crippen molar-refractivity contribution in [3.63, 3.8) is 0 Å². The summed E-state index contributed by atoms with van der Waals surface area (Å²) in [5.41, 5.74) is 2.84. The molecule has 2 rings (SSSR count). The molecule has 0 amide bonds. The van der Waals surface area contributed by atoms with Gasteiger partial charge in [0.1, 0.15) is 5.75 Å². The average Bonchev–Trinajstić information content (AvgIpc) is 2.36. The van der Waals surface area contributed by atoms with Crippen molar-refractivity contribution >= 4 is 51.5 Å². The van der Waals surface area contributed by atoms with Crippen LogP contribution in [0, 0.1) is 10.5 Å². The van der Waals surface area contributed by atoms with Crippen LogP contribution in [-0.4, -0.2) is 5.11 Å². The molecule has 0 spiro atoms. The summed E-state index contributed by atoms with van der Waals surface area (Å²) in [5.74, 6) is 0.318. The van der Waals surface area contributed by atoms with Crippen LogP contribution in [0.3, 0.4) is 0 Å². The van der Waals surface area contributed by atoms with Gasteiger partial charge in [-0.3, -0.25) is 0 Å². The fourth-order valence-corrected chi connectivity index (χ4v) is 2.88. The van der Waals surface area contributed by atoms with Crippen LogP contribution in [0.4, 0.5) is 5.69 Å². The molecule has 0 saturated carbocycles. The smallest absolute Gasteiger partial charge is 0.133 e. The molecular weight excluding hydrogens is 396 g/mol. The van der Waals surface area contributed by atoms with Crippen LogP contribution in [0.1, 0.15) is 11.1 Å². The van der Waals surface area contributed by atoms with Gasteiger partial charge in [0.2, 0.25) is 0 Å². The molecule has 2 N–H and O–H groups in total. The molecule has 0 aliphatic heterocycles. The minimum atomic E-state index is 0.318. The maximum atomic E-state index is 10.0. The van der Waals surface area contributed by atoms with Crippen LogP contribution in [0.2, 0.25) is 10.0 Å². The van der Waals surface area contributed by atoms with Crippen molar-refractivity contribution in [2.24, 2.45) is 0 Å². The van der Waals surface area contributed by atoms with E-state index in [4.69, 9.17) is 23.2 Å². The summed E-state index contributed by atoms with van der Waals surface area (Å²) in [6.07, 6.45) is 0. The highest BCUT2D eigenvalue weighted by atomic mass is 127. The largest absolute Gasteiger partial charge is 0.506 e. The maximum Gasteiger partial charge on any atom is 0.133 e. The van der Waals surface area contributed by atoms with E-state index in [1.54, 1.807) is 12.1 Å². The Kier molecular flexibility index (Phi) is 4.81. The molecule has 19 heavy (non-hydrogen) atoms. The number of hydrogen-bond acceptors (Lipinski definition) is 2. The molecule has 0 unspecified atom stereocenters. The first kappa shape index (κ1) is 14.8. The molecule has 0 aromatic heterocycles. The highest BCUT2D eigenvalue weighted by Crippen LogP contribution is 2.28. The van der Waals surface area contributed by atoms with Gasteiger partial charge in [0.05, 0.1) is 13.6 Å². The SMILES string of the molecule is Cc1cc(I)c(O)c(CNc2ccc(Cl)c(Cl)c2)c1. The number of rotatable bonds is 3. The third-order valence-electron chi connectivity index (χ3n) is 2.69. The van der Waals surface area contributed by atoms with E-state index in [9.17, 15) is 5.11 Å². The molecule has 2 aromatic rings. The molecule has 0 heterocycles. The second-order valence-electron chi connectivity index (χ2n) is 4.24. The maximum absolute atomic E-state index is 10.0. The summed E-state index contributed by atoms with van der Waals surface area (Å²) in [7, 11) is 0.